The summed E-state index contributed by atoms with van der Waals surface area (Å²) >= 11 is 0. The fraction of sp³-hybridized carbons (Fsp3) is 0.172. The summed E-state index contributed by atoms with van der Waals surface area (Å²) in [5.74, 6) is 1.61. The number of carbonyl (C=O) groups is 1. The Morgan fingerprint density at radius 1 is 1.10 bits per heavy atom. The van der Waals surface area contributed by atoms with Gasteiger partial charge in [0.1, 0.15) is 29.9 Å². The first-order valence-corrected chi connectivity index (χ1v) is 12.4. The van der Waals surface area contributed by atoms with Gasteiger partial charge in [-0.2, -0.15) is 10.4 Å². The minimum Gasteiger partial charge on any atom is -0.494 e. The van der Waals surface area contributed by atoms with Crippen LogP contribution in [-0.4, -0.2) is 50.6 Å². The fourth-order valence-electron chi connectivity index (χ4n) is 4.12. The van der Waals surface area contributed by atoms with E-state index in [9.17, 15) is 10.1 Å². The van der Waals surface area contributed by atoms with Gasteiger partial charge >= 0.3 is 0 Å². The molecule has 5 aromatic rings. The molecule has 0 fully saturated rings. The number of nitrogens with one attached hydrogen (secondary N) is 2. The van der Waals surface area contributed by atoms with Crippen LogP contribution in [0.5, 0.6) is 11.5 Å². The third-order valence-electron chi connectivity index (χ3n) is 5.93. The van der Waals surface area contributed by atoms with Gasteiger partial charge in [0.25, 0.3) is 5.91 Å². The van der Waals surface area contributed by atoms with Crippen molar-refractivity contribution < 1.29 is 19.4 Å². The van der Waals surface area contributed by atoms with Crippen LogP contribution in [0.25, 0.3) is 22.6 Å². The number of ether oxygens (including phenoxy) is 2. The second-order valence-electron chi connectivity index (χ2n) is 8.60. The van der Waals surface area contributed by atoms with E-state index in [2.05, 4.69) is 15.4 Å². The van der Waals surface area contributed by atoms with E-state index < -0.39 is 5.91 Å². The summed E-state index contributed by atoms with van der Waals surface area (Å²) < 4.78 is 12.7. The second kappa shape index (κ2) is 11.5. The number of aromatic amines is 1. The molecule has 39 heavy (non-hydrogen) atoms. The largest absolute Gasteiger partial charge is 0.494 e. The second-order valence-corrected chi connectivity index (χ2v) is 8.60. The smallest absolute Gasteiger partial charge is 0.256 e. The molecule has 3 aromatic carbocycles. The van der Waals surface area contributed by atoms with Crippen LogP contribution in [-0.2, 0) is 6.54 Å². The molecule has 10 heteroatoms. The number of nitrogens with zero attached hydrogens (tertiary/aromatic N) is 4. The number of para-hydroxylation sites is 2. The van der Waals surface area contributed by atoms with E-state index in [1.54, 1.807) is 16.8 Å². The number of aliphatic hydroxyl groups is 1. The normalized spacial score (nSPS) is 10.8. The highest BCUT2D eigenvalue weighted by Crippen LogP contribution is 2.26. The number of rotatable bonds is 10. The van der Waals surface area contributed by atoms with Gasteiger partial charge in [0.15, 0.2) is 11.6 Å². The fourth-order valence-corrected chi connectivity index (χ4v) is 4.12. The number of hydrogen-bond acceptors (Lipinski definition) is 7. The minimum absolute atomic E-state index is 0.0522. The quantitative estimate of drug-likeness (QED) is 0.248. The highest BCUT2D eigenvalue weighted by atomic mass is 16.5. The maximum absolute atomic E-state index is 13.1. The molecular weight excluding hydrogens is 496 g/mol. The number of nitriles is 1. The predicted molar refractivity (Wildman–Crippen MR) is 146 cm³/mol. The molecule has 0 aliphatic heterocycles. The monoisotopic (exact) mass is 522 g/mol. The first kappa shape index (κ1) is 25.5. The summed E-state index contributed by atoms with van der Waals surface area (Å²) in [4.78, 5) is 21.1. The highest BCUT2D eigenvalue weighted by molar-refractivity contribution is 6.04. The number of hydrogen-bond donors (Lipinski definition) is 3. The Bertz CT molecular complexity index is 1620. The van der Waals surface area contributed by atoms with Gasteiger partial charge in [0, 0.05) is 11.6 Å². The summed E-state index contributed by atoms with van der Waals surface area (Å²) in [7, 11) is 0. The van der Waals surface area contributed by atoms with Crippen molar-refractivity contribution in [3.8, 4) is 29.1 Å². The van der Waals surface area contributed by atoms with Gasteiger partial charge in [0.2, 0.25) is 0 Å². The number of benzene rings is 3. The molecular formula is C29H26N6O4. The first-order valence-electron chi connectivity index (χ1n) is 12.4. The summed E-state index contributed by atoms with van der Waals surface area (Å²) in [6.45, 7) is 2.83. The zero-order valence-electron chi connectivity index (χ0n) is 21.2. The molecule has 0 saturated carbocycles. The van der Waals surface area contributed by atoms with Gasteiger partial charge in [-0.3, -0.25) is 9.48 Å². The Balaban J connectivity index is 1.44. The first-order chi connectivity index (χ1) is 19.1. The SMILES string of the molecule is CCOc1ccc(Cn2nc(NC(=O)c3ccc(OCCO)c(C#N)c3)cc2-c2nc3ccccc3[nH]2)cc1. The molecule has 0 atom stereocenters. The molecule has 0 radical (unpaired) electrons. The molecule has 0 unspecified atom stereocenters. The molecule has 1 amide bonds. The summed E-state index contributed by atoms with van der Waals surface area (Å²) in [6.07, 6.45) is 0. The highest BCUT2D eigenvalue weighted by Gasteiger charge is 2.17. The van der Waals surface area contributed by atoms with Gasteiger partial charge in [-0.1, -0.05) is 24.3 Å². The molecule has 196 valence electrons. The average molecular weight is 523 g/mol. The lowest BCUT2D eigenvalue weighted by Gasteiger charge is -2.08. The van der Waals surface area contributed by atoms with Crippen molar-refractivity contribution in [3.63, 3.8) is 0 Å². The minimum atomic E-state index is -0.429. The molecule has 0 saturated heterocycles. The maximum Gasteiger partial charge on any atom is 0.256 e. The van der Waals surface area contributed by atoms with Gasteiger partial charge < -0.3 is 24.9 Å². The third kappa shape index (κ3) is 5.74. The number of carbonyl (C=O) groups excluding carboxylic acids is 1. The van der Waals surface area contributed by atoms with Crippen molar-refractivity contribution in [2.75, 3.05) is 25.1 Å². The summed E-state index contributed by atoms with van der Waals surface area (Å²) in [5, 5.41) is 25.9. The number of aromatic nitrogens is 4. The number of imidazole rings is 1. The van der Waals surface area contributed by atoms with E-state index in [0.717, 1.165) is 22.3 Å². The molecule has 0 bridgehead atoms. The standard InChI is InChI=1S/C29H26N6O4/c1-2-38-22-10-7-19(8-11-22)18-35-25(28-31-23-5-3-4-6-24(23)32-28)16-27(34-35)33-29(37)20-9-12-26(39-14-13-36)21(15-20)17-30/h3-12,15-16,36H,2,13-14,18H2,1H3,(H,31,32)(H,33,34,37). The van der Waals surface area contributed by atoms with Gasteiger partial charge in [-0.15, -0.1) is 0 Å². The van der Waals surface area contributed by atoms with Crippen LogP contribution in [0.1, 0.15) is 28.4 Å². The number of amides is 1. The molecule has 3 N–H and O–H groups in total. The van der Waals surface area contributed by atoms with E-state index in [1.165, 1.54) is 12.1 Å². The van der Waals surface area contributed by atoms with Crippen molar-refractivity contribution in [1.82, 2.24) is 19.7 Å². The van der Waals surface area contributed by atoms with E-state index in [-0.39, 0.29) is 24.3 Å². The number of H-pyrrole nitrogens is 1. The molecule has 2 heterocycles. The zero-order chi connectivity index (χ0) is 27.2. The van der Waals surface area contributed by atoms with Crippen LogP contribution in [0.4, 0.5) is 5.82 Å². The van der Waals surface area contributed by atoms with Gasteiger partial charge in [-0.25, -0.2) is 4.98 Å². The van der Waals surface area contributed by atoms with E-state index in [0.29, 0.717) is 36.2 Å². The Labute approximate surface area is 224 Å². The van der Waals surface area contributed by atoms with Crippen LogP contribution in [0.3, 0.4) is 0 Å². The lowest BCUT2D eigenvalue weighted by Crippen LogP contribution is -2.13. The van der Waals surface area contributed by atoms with Crippen LogP contribution in [0.2, 0.25) is 0 Å². The Hall–Kier alpha value is -5.14. The third-order valence-corrected chi connectivity index (χ3v) is 5.93. The number of fused-ring (bicyclic) bond motifs is 1. The van der Waals surface area contributed by atoms with Crippen LogP contribution in [0.15, 0.2) is 72.8 Å². The molecule has 0 spiro atoms. The van der Waals surface area contributed by atoms with Crippen LogP contribution < -0.4 is 14.8 Å². The van der Waals surface area contributed by atoms with Crippen molar-refractivity contribution in [1.29, 1.82) is 5.26 Å². The average Bonchev–Trinajstić information content (AvgIpc) is 3.56. The predicted octanol–water partition coefficient (Wildman–Crippen LogP) is 4.37. The topological polar surface area (TPSA) is 138 Å². The molecule has 0 aliphatic rings. The van der Waals surface area contributed by atoms with Crippen LogP contribution >= 0.6 is 0 Å². The van der Waals surface area contributed by atoms with Gasteiger partial charge in [-0.05, 0) is 55.0 Å². The lowest BCUT2D eigenvalue weighted by molar-refractivity contribution is 0.102. The Morgan fingerprint density at radius 3 is 2.67 bits per heavy atom. The molecule has 10 nitrogen and oxygen atoms in total. The van der Waals surface area contributed by atoms with E-state index >= 15 is 0 Å². The molecule has 0 aliphatic carbocycles. The van der Waals surface area contributed by atoms with Crippen molar-refractivity contribution in [3.05, 3.63) is 89.5 Å². The van der Waals surface area contributed by atoms with Crippen LogP contribution in [0, 0.1) is 11.3 Å². The summed E-state index contributed by atoms with van der Waals surface area (Å²) in [5.41, 5.74) is 3.86. The molecule has 5 rings (SSSR count). The lowest BCUT2D eigenvalue weighted by atomic mass is 10.1. The molecule has 2 aromatic heterocycles. The number of aliphatic hydroxyl groups excluding tert-OH is 1. The number of anilines is 1. The zero-order valence-corrected chi connectivity index (χ0v) is 21.2. The van der Waals surface area contributed by atoms with Crippen molar-refractivity contribution in [2.45, 2.75) is 13.5 Å². The van der Waals surface area contributed by atoms with Gasteiger partial charge in [0.05, 0.1) is 36.4 Å². The van der Waals surface area contributed by atoms with Crippen molar-refractivity contribution >= 4 is 22.8 Å². The summed E-state index contributed by atoms with van der Waals surface area (Å²) in [6, 6.07) is 23.8. The Morgan fingerprint density at radius 2 is 1.92 bits per heavy atom. The van der Waals surface area contributed by atoms with E-state index in [4.69, 9.17) is 19.6 Å². The Kier molecular flexibility index (Phi) is 7.52. The van der Waals surface area contributed by atoms with Crippen molar-refractivity contribution in [2.24, 2.45) is 0 Å². The van der Waals surface area contributed by atoms with E-state index in [1.807, 2.05) is 61.5 Å². The maximum atomic E-state index is 13.1.